The summed E-state index contributed by atoms with van der Waals surface area (Å²) in [6.07, 6.45) is 0. The van der Waals surface area contributed by atoms with E-state index in [4.69, 9.17) is 4.42 Å². The van der Waals surface area contributed by atoms with Crippen molar-refractivity contribution in [2.45, 2.75) is 4.34 Å². The van der Waals surface area contributed by atoms with Crippen LogP contribution in [0.4, 0.5) is 5.88 Å². The van der Waals surface area contributed by atoms with Crippen molar-refractivity contribution in [1.82, 2.24) is 4.98 Å². The number of carbonyl (C=O) groups excluding carboxylic acids is 1. The van der Waals surface area contributed by atoms with Gasteiger partial charge in [-0.05, 0) is 17.7 Å². The summed E-state index contributed by atoms with van der Waals surface area (Å²) >= 11 is 2.91. The summed E-state index contributed by atoms with van der Waals surface area (Å²) in [7, 11) is 0. The summed E-state index contributed by atoms with van der Waals surface area (Å²) in [5.41, 5.74) is 3.57. The maximum atomic E-state index is 12.7. The van der Waals surface area contributed by atoms with Gasteiger partial charge in [-0.2, -0.15) is 5.26 Å². The molecule has 0 aliphatic carbocycles. The zero-order chi connectivity index (χ0) is 22.6. The van der Waals surface area contributed by atoms with Gasteiger partial charge < -0.3 is 4.42 Å². The standard InChI is InChI=1S/C26H17N3O2S2/c27-15-19-23(17-9-3-1-4-10-17)24(18-11-5-2-6-12-18)31-25(19)29-22(30)16-32-26-28-20-13-7-8-14-21(20)33-26/h1-14H,16H2,(H,29,30). The molecule has 0 bridgehead atoms. The number of benzene rings is 3. The molecular weight excluding hydrogens is 450 g/mol. The van der Waals surface area contributed by atoms with E-state index in [0.717, 1.165) is 25.7 Å². The number of amides is 1. The lowest BCUT2D eigenvalue weighted by Gasteiger charge is -2.03. The fourth-order valence-corrected chi connectivity index (χ4v) is 5.37. The Morgan fingerprint density at radius 1 is 0.970 bits per heavy atom. The molecule has 7 heteroatoms. The first kappa shape index (κ1) is 21.0. The lowest BCUT2D eigenvalue weighted by atomic mass is 9.98. The Morgan fingerprint density at radius 3 is 2.33 bits per heavy atom. The van der Waals surface area contributed by atoms with Crippen LogP contribution in [0.25, 0.3) is 32.7 Å². The summed E-state index contributed by atoms with van der Waals surface area (Å²) in [5, 5.41) is 12.7. The summed E-state index contributed by atoms with van der Waals surface area (Å²) in [6, 6.07) is 29.2. The molecule has 2 heterocycles. The second kappa shape index (κ2) is 9.33. The van der Waals surface area contributed by atoms with Gasteiger partial charge in [0.15, 0.2) is 4.34 Å². The van der Waals surface area contributed by atoms with E-state index in [1.807, 2.05) is 84.9 Å². The minimum atomic E-state index is -0.260. The van der Waals surface area contributed by atoms with Crippen molar-refractivity contribution in [2.24, 2.45) is 0 Å². The molecule has 2 aromatic heterocycles. The highest BCUT2D eigenvalue weighted by Crippen LogP contribution is 2.41. The van der Waals surface area contributed by atoms with Crippen molar-refractivity contribution in [3.8, 4) is 28.5 Å². The van der Waals surface area contributed by atoms with Gasteiger partial charge in [0.1, 0.15) is 17.4 Å². The van der Waals surface area contributed by atoms with Gasteiger partial charge in [0.25, 0.3) is 0 Å². The third-order valence-corrected chi connectivity index (χ3v) is 7.15. The van der Waals surface area contributed by atoms with E-state index in [1.165, 1.54) is 11.8 Å². The lowest BCUT2D eigenvalue weighted by Crippen LogP contribution is -2.14. The number of furan rings is 1. The summed E-state index contributed by atoms with van der Waals surface area (Å²) in [4.78, 5) is 17.3. The lowest BCUT2D eigenvalue weighted by molar-refractivity contribution is -0.113. The Labute approximate surface area is 198 Å². The van der Waals surface area contributed by atoms with Crippen LogP contribution in [0.2, 0.25) is 0 Å². The molecule has 5 nitrogen and oxygen atoms in total. The Hall–Kier alpha value is -3.86. The molecule has 0 atom stereocenters. The molecule has 0 radical (unpaired) electrons. The third kappa shape index (κ3) is 4.40. The topological polar surface area (TPSA) is 78.9 Å². The molecule has 1 N–H and O–H groups in total. The van der Waals surface area contributed by atoms with Gasteiger partial charge in [0, 0.05) is 11.1 Å². The van der Waals surface area contributed by atoms with Crippen LogP contribution >= 0.6 is 23.1 Å². The van der Waals surface area contributed by atoms with Crippen molar-refractivity contribution >= 4 is 45.1 Å². The number of nitriles is 1. The van der Waals surface area contributed by atoms with Crippen LogP contribution < -0.4 is 5.32 Å². The van der Waals surface area contributed by atoms with Crippen molar-refractivity contribution in [1.29, 1.82) is 5.26 Å². The van der Waals surface area contributed by atoms with Crippen LogP contribution in [0.3, 0.4) is 0 Å². The highest BCUT2D eigenvalue weighted by molar-refractivity contribution is 8.01. The van der Waals surface area contributed by atoms with Gasteiger partial charge in [-0.1, -0.05) is 84.6 Å². The van der Waals surface area contributed by atoms with Crippen LogP contribution in [0, 0.1) is 11.3 Å². The summed E-state index contributed by atoms with van der Waals surface area (Å²) < 4.78 is 7.97. The zero-order valence-electron chi connectivity index (χ0n) is 17.3. The first-order valence-corrected chi connectivity index (χ1v) is 12.0. The molecule has 0 fully saturated rings. The second-order valence-corrected chi connectivity index (χ2v) is 9.39. The predicted octanol–water partition coefficient (Wildman–Crippen LogP) is 6.83. The van der Waals surface area contributed by atoms with Crippen molar-refractivity contribution in [3.05, 3.63) is 90.5 Å². The fraction of sp³-hybridized carbons (Fsp3) is 0.0385. The molecule has 33 heavy (non-hydrogen) atoms. The number of aromatic nitrogens is 1. The van der Waals surface area contributed by atoms with Crippen LogP contribution in [0.1, 0.15) is 5.56 Å². The number of nitrogens with zero attached hydrogens (tertiary/aromatic N) is 2. The van der Waals surface area contributed by atoms with E-state index in [9.17, 15) is 10.1 Å². The number of carbonyl (C=O) groups is 1. The first-order valence-electron chi connectivity index (χ1n) is 10.2. The summed E-state index contributed by atoms with van der Waals surface area (Å²) in [6.45, 7) is 0. The fourth-order valence-electron chi connectivity index (χ4n) is 3.50. The van der Waals surface area contributed by atoms with Crippen LogP contribution in [0.5, 0.6) is 0 Å². The van der Waals surface area contributed by atoms with E-state index in [0.29, 0.717) is 16.9 Å². The van der Waals surface area contributed by atoms with E-state index >= 15 is 0 Å². The normalized spacial score (nSPS) is 10.8. The van der Waals surface area contributed by atoms with Crippen LogP contribution in [0.15, 0.2) is 93.7 Å². The molecule has 5 rings (SSSR count). The molecule has 0 unspecified atom stereocenters. The molecular formula is C26H17N3O2S2. The number of hydrogen-bond acceptors (Lipinski definition) is 6. The van der Waals surface area contributed by atoms with E-state index in [-0.39, 0.29) is 17.5 Å². The third-order valence-electron chi connectivity index (χ3n) is 4.97. The number of thiazole rings is 1. The van der Waals surface area contributed by atoms with Gasteiger partial charge in [-0.15, -0.1) is 11.3 Å². The predicted molar refractivity (Wildman–Crippen MR) is 133 cm³/mol. The maximum Gasteiger partial charge on any atom is 0.237 e. The number of hydrogen-bond donors (Lipinski definition) is 1. The largest absolute Gasteiger partial charge is 0.438 e. The van der Waals surface area contributed by atoms with Gasteiger partial charge in [0.2, 0.25) is 11.8 Å². The number of fused-ring (bicyclic) bond motifs is 1. The first-order chi connectivity index (χ1) is 16.2. The molecule has 0 saturated carbocycles. The molecule has 0 spiro atoms. The van der Waals surface area contributed by atoms with Gasteiger partial charge in [0.05, 0.1) is 16.0 Å². The van der Waals surface area contributed by atoms with E-state index in [1.54, 1.807) is 11.3 Å². The minimum Gasteiger partial charge on any atom is -0.438 e. The average molecular weight is 468 g/mol. The Morgan fingerprint density at radius 2 is 1.64 bits per heavy atom. The number of thioether (sulfide) groups is 1. The summed E-state index contributed by atoms with van der Waals surface area (Å²) in [5.74, 6) is 0.605. The van der Waals surface area contributed by atoms with Crippen LogP contribution in [-0.4, -0.2) is 16.6 Å². The number of para-hydroxylation sites is 1. The Kier molecular flexibility index (Phi) is 5.94. The van der Waals surface area contributed by atoms with Gasteiger partial charge in [-0.3, -0.25) is 10.1 Å². The van der Waals surface area contributed by atoms with Gasteiger partial charge >= 0.3 is 0 Å². The number of nitrogens with one attached hydrogen (secondary N) is 1. The monoisotopic (exact) mass is 467 g/mol. The molecule has 1 amide bonds. The Balaban J connectivity index is 1.43. The molecule has 0 aliphatic rings. The molecule has 0 aliphatic heterocycles. The second-order valence-electron chi connectivity index (χ2n) is 7.14. The molecule has 3 aromatic carbocycles. The number of rotatable bonds is 6. The Bertz CT molecular complexity index is 1440. The van der Waals surface area contributed by atoms with Crippen LogP contribution in [-0.2, 0) is 4.79 Å². The average Bonchev–Trinajstić information content (AvgIpc) is 3.44. The van der Waals surface area contributed by atoms with Crippen molar-refractivity contribution < 1.29 is 9.21 Å². The van der Waals surface area contributed by atoms with E-state index < -0.39 is 0 Å². The van der Waals surface area contributed by atoms with E-state index in [2.05, 4.69) is 16.4 Å². The van der Waals surface area contributed by atoms with Crippen molar-refractivity contribution in [2.75, 3.05) is 11.1 Å². The SMILES string of the molecule is N#Cc1c(NC(=O)CSc2nc3ccccc3s2)oc(-c2ccccc2)c1-c1ccccc1. The quantitative estimate of drug-likeness (QED) is 0.277. The highest BCUT2D eigenvalue weighted by atomic mass is 32.2. The zero-order valence-corrected chi connectivity index (χ0v) is 19.0. The molecule has 160 valence electrons. The van der Waals surface area contributed by atoms with Crippen molar-refractivity contribution in [3.63, 3.8) is 0 Å². The highest BCUT2D eigenvalue weighted by Gasteiger charge is 2.24. The number of anilines is 1. The smallest absolute Gasteiger partial charge is 0.237 e. The molecule has 5 aromatic rings. The molecule has 0 saturated heterocycles. The minimum absolute atomic E-state index is 0.158. The van der Waals surface area contributed by atoms with Gasteiger partial charge in [-0.25, -0.2) is 4.98 Å². The maximum absolute atomic E-state index is 12.7.